The molecule has 0 radical (unpaired) electrons. The van der Waals surface area contributed by atoms with Crippen molar-refractivity contribution >= 4 is 0 Å². The Morgan fingerprint density at radius 3 is 2.71 bits per heavy atom. The van der Waals surface area contributed by atoms with E-state index in [1.165, 1.54) is 6.07 Å². The molecule has 1 aliphatic heterocycles. The summed E-state index contributed by atoms with van der Waals surface area (Å²) in [6.45, 7) is 6.32. The lowest BCUT2D eigenvalue weighted by Crippen LogP contribution is -2.41. The van der Waals surface area contributed by atoms with E-state index < -0.39 is 6.43 Å². The van der Waals surface area contributed by atoms with Crippen molar-refractivity contribution in [2.24, 2.45) is 11.7 Å². The first-order valence-electron chi connectivity index (χ1n) is 7.86. The first kappa shape index (κ1) is 16.4. The van der Waals surface area contributed by atoms with Crippen LogP contribution in [-0.2, 0) is 0 Å². The van der Waals surface area contributed by atoms with E-state index >= 15 is 0 Å². The molecule has 0 spiro atoms. The van der Waals surface area contributed by atoms with E-state index in [1.54, 1.807) is 12.1 Å². The van der Waals surface area contributed by atoms with Crippen molar-refractivity contribution < 1.29 is 8.78 Å². The topological polar surface area (TPSA) is 29.3 Å². The summed E-state index contributed by atoms with van der Waals surface area (Å²) in [5.41, 5.74) is 7.40. The average Bonchev–Trinajstić information content (AvgIpc) is 2.60. The molecule has 1 aromatic rings. The molecule has 0 aliphatic carbocycles. The highest BCUT2D eigenvalue weighted by Gasteiger charge is 2.29. The van der Waals surface area contributed by atoms with Gasteiger partial charge < -0.3 is 5.73 Å². The molecule has 0 saturated carbocycles. The van der Waals surface area contributed by atoms with Crippen LogP contribution in [-0.4, -0.2) is 24.0 Å². The maximum Gasteiger partial charge on any atom is 0.263 e. The smallest absolute Gasteiger partial charge is 0.263 e. The van der Waals surface area contributed by atoms with E-state index in [-0.39, 0.29) is 17.6 Å². The highest BCUT2D eigenvalue weighted by Crippen LogP contribution is 2.32. The molecule has 1 aromatic carbocycles. The van der Waals surface area contributed by atoms with Crippen LogP contribution in [0.2, 0.25) is 0 Å². The molecule has 2 nitrogen and oxygen atoms in total. The molecule has 2 N–H and O–H groups in total. The van der Waals surface area contributed by atoms with Crippen LogP contribution in [0.25, 0.3) is 0 Å². The van der Waals surface area contributed by atoms with E-state index in [1.807, 2.05) is 6.07 Å². The molecule has 1 aliphatic rings. The Bertz CT molecular complexity index is 448. The average molecular weight is 296 g/mol. The highest BCUT2D eigenvalue weighted by molar-refractivity contribution is 5.28. The number of benzene rings is 1. The summed E-state index contributed by atoms with van der Waals surface area (Å²) < 4.78 is 25.9. The second-order valence-electron chi connectivity index (χ2n) is 6.46. The third-order valence-corrected chi connectivity index (χ3v) is 4.14. The SMILES string of the molecule is CC(C)CN1CCCCC(N)C1c1cccc(C(F)F)c1. The van der Waals surface area contributed by atoms with Gasteiger partial charge in [0.05, 0.1) is 0 Å². The van der Waals surface area contributed by atoms with Crippen molar-refractivity contribution in [3.8, 4) is 0 Å². The minimum atomic E-state index is -2.43. The van der Waals surface area contributed by atoms with E-state index in [0.29, 0.717) is 5.92 Å². The number of alkyl halides is 2. The van der Waals surface area contributed by atoms with Gasteiger partial charge in [0.15, 0.2) is 0 Å². The lowest BCUT2D eigenvalue weighted by Gasteiger charge is -2.35. The monoisotopic (exact) mass is 296 g/mol. The summed E-state index contributed by atoms with van der Waals surface area (Å²) in [4.78, 5) is 2.38. The normalized spacial score (nSPS) is 24.5. The number of halogens is 2. The van der Waals surface area contributed by atoms with Crippen molar-refractivity contribution in [3.63, 3.8) is 0 Å². The van der Waals surface area contributed by atoms with Crippen LogP contribution in [0.3, 0.4) is 0 Å². The van der Waals surface area contributed by atoms with E-state index in [0.717, 1.165) is 37.9 Å². The zero-order chi connectivity index (χ0) is 15.4. The van der Waals surface area contributed by atoms with Gasteiger partial charge in [-0.1, -0.05) is 38.5 Å². The predicted octanol–water partition coefficient (Wildman–Crippen LogP) is 4.13. The largest absolute Gasteiger partial charge is 0.326 e. The maximum atomic E-state index is 13.0. The Balaban J connectivity index is 2.31. The Hall–Kier alpha value is -1.00. The lowest BCUT2D eigenvalue weighted by molar-refractivity contribution is 0.149. The van der Waals surface area contributed by atoms with Gasteiger partial charge in [-0.25, -0.2) is 8.78 Å². The zero-order valence-corrected chi connectivity index (χ0v) is 12.9. The van der Waals surface area contributed by atoms with Crippen LogP contribution in [0.15, 0.2) is 24.3 Å². The molecular weight excluding hydrogens is 270 g/mol. The van der Waals surface area contributed by atoms with Gasteiger partial charge in [0.2, 0.25) is 0 Å². The van der Waals surface area contributed by atoms with Crippen LogP contribution in [0.1, 0.15) is 56.7 Å². The minimum Gasteiger partial charge on any atom is -0.326 e. The van der Waals surface area contributed by atoms with Crippen LogP contribution in [0.4, 0.5) is 8.78 Å². The second kappa shape index (κ2) is 7.32. The van der Waals surface area contributed by atoms with E-state index in [9.17, 15) is 8.78 Å². The van der Waals surface area contributed by atoms with Crippen molar-refractivity contribution in [2.75, 3.05) is 13.1 Å². The summed E-state index contributed by atoms with van der Waals surface area (Å²) in [5.74, 6) is 0.538. The Kier molecular flexibility index (Phi) is 5.71. The fraction of sp³-hybridized carbons (Fsp3) is 0.647. The zero-order valence-electron chi connectivity index (χ0n) is 12.9. The van der Waals surface area contributed by atoms with E-state index in [4.69, 9.17) is 5.73 Å². The van der Waals surface area contributed by atoms with Gasteiger partial charge >= 0.3 is 0 Å². The van der Waals surface area contributed by atoms with Crippen molar-refractivity contribution in [1.29, 1.82) is 0 Å². The molecule has 0 aromatic heterocycles. The lowest BCUT2D eigenvalue weighted by atomic mass is 9.94. The fourth-order valence-electron chi connectivity index (χ4n) is 3.27. The van der Waals surface area contributed by atoms with Gasteiger partial charge in [-0.3, -0.25) is 4.90 Å². The summed E-state index contributed by atoms with van der Waals surface area (Å²) in [6.07, 6.45) is 0.773. The second-order valence-corrected chi connectivity index (χ2v) is 6.46. The summed E-state index contributed by atoms with van der Waals surface area (Å²) in [6, 6.07) is 6.85. The Morgan fingerprint density at radius 1 is 1.29 bits per heavy atom. The van der Waals surface area contributed by atoms with Gasteiger partial charge in [0, 0.05) is 24.2 Å². The highest BCUT2D eigenvalue weighted by atomic mass is 19.3. The van der Waals surface area contributed by atoms with E-state index in [2.05, 4.69) is 18.7 Å². The molecule has 118 valence electrons. The quantitative estimate of drug-likeness (QED) is 0.905. The molecule has 2 rings (SSSR count). The molecule has 4 heteroatoms. The number of hydrogen-bond donors (Lipinski definition) is 1. The van der Waals surface area contributed by atoms with Crippen molar-refractivity contribution in [2.45, 2.75) is 51.6 Å². The summed E-state index contributed by atoms with van der Waals surface area (Å²) in [5, 5.41) is 0. The summed E-state index contributed by atoms with van der Waals surface area (Å²) >= 11 is 0. The molecular formula is C17H26F2N2. The van der Waals surface area contributed by atoms with Crippen molar-refractivity contribution in [3.05, 3.63) is 35.4 Å². The molecule has 2 atom stereocenters. The summed E-state index contributed by atoms with van der Waals surface area (Å²) in [7, 11) is 0. The molecule has 2 unspecified atom stereocenters. The van der Waals surface area contributed by atoms with Crippen LogP contribution < -0.4 is 5.73 Å². The van der Waals surface area contributed by atoms with Gasteiger partial charge in [-0.05, 0) is 36.9 Å². The third-order valence-electron chi connectivity index (χ3n) is 4.14. The van der Waals surface area contributed by atoms with Gasteiger partial charge in [0.1, 0.15) is 0 Å². The number of nitrogens with zero attached hydrogens (tertiary/aromatic N) is 1. The molecule has 1 fully saturated rings. The van der Waals surface area contributed by atoms with Crippen LogP contribution in [0.5, 0.6) is 0 Å². The first-order valence-corrected chi connectivity index (χ1v) is 7.86. The van der Waals surface area contributed by atoms with Crippen LogP contribution >= 0.6 is 0 Å². The number of likely N-dealkylation sites (tertiary alicyclic amines) is 1. The minimum absolute atomic E-state index is 0.0131. The standard InChI is InChI=1S/C17H26F2N2/c1-12(2)11-21-9-4-3-8-15(20)16(21)13-6-5-7-14(10-13)17(18)19/h5-7,10,12,15-17H,3-4,8-9,11,20H2,1-2H3. The van der Waals surface area contributed by atoms with Gasteiger partial charge in [0.25, 0.3) is 6.43 Å². The molecule has 0 amide bonds. The van der Waals surface area contributed by atoms with Crippen LogP contribution in [0, 0.1) is 5.92 Å². The molecule has 1 saturated heterocycles. The third kappa shape index (κ3) is 4.24. The predicted molar refractivity (Wildman–Crippen MR) is 82.4 cm³/mol. The first-order chi connectivity index (χ1) is 9.99. The molecule has 0 bridgehead atoms. The Labute approximate surface area is 126 Å². The maximum absolute atomic E-state index is 13.0. The van der Waals surface area contributed by atoms with Gasteiger partial charge in [-0.15, -0.1) is 0 Å². The molecule has 21 heavy (non-hydrogen) atoms. The van der Waals surface area contributed by atoms with Gasteiger partial charge in [-0.2, -0.15) is 0 Å². The van der Waals surface area contributed by atoms with Crippen molar-refractivity contribution in [1.82, 2.24) is 4.90 Å². The molecule has 1 heterocycles. The Morgan fingerprint density at radius 2 is 2.05 bits per heavy atom. The fourth-order valence-corrected chi connectivity index (χ4v) is 3.27. The number of nitrogens with two attached hydrogens (primary N) is 1. The number of hydrogen-bond acceptors (Lipinski definition) is 2. The number of rotatable bonds is 4.